The highest BCUT2D eigenvalue weighted by Crippen LogP contribution is 2.02. The number of aliphatic hydroxyl groups excluding tert-OH is 1. The first kappa shape index (κ1) is 9.91. The zero-order chi connectivity index (χ0) is 9.02. The average molecular weight is 156 g/mol. The Morgan fingerprint density at radius 2 is 1.91 bits per heavy atom. The van der Waals surface area contributed by atoms with Gasteiger partial charge in [0.15, 0.2) is 0 Å². The molecule has 0 aliphatic carbocycles. The van der Waals surface area contributed by atoms with Crippen LogP contribution in [0.1, 0.15) is 13.8 Å². The van der Waals surface area contributed by atoms with Crippen molar-refractivity contribution in [2.75, 3.05) is 0 Å². The Morgan fingerprint density at radius 3 is 2.18 bits per heavy atom. The molecular weight excluding hydrogens is 144 g/mol. The van der Waals surface area contributed by atoms with Gasteiger partial charge in [0.2, 0.25) is 6.29 Å². The van der Waals surface area contributed by atoms with E-state index in [1.807, 2.05) is 0 Å². The van der Waals surface area contributed by atoms with Gasteiger partial charge in [-0.15, -0.1) is 0 Å². The van der Waals surface area contributed by atoms with Crippen LogP contribution in [-0.2, 0) is 9.53 Å². The van der Waals surface area contributed by atoms with Gasteiger partial charge in [-0.3, -0.25) is 0 Å². The Kier molecular flexibility index (Phi) is 3.54. The molecule has 0 radical (unpaired) electrons. The summed E-state index contributed by atoms with van der Waals surface area (Å²) in [4.78, 5) is 10.7. The van der Waals surface area contributed by atoms with Crippen LogP contribution in [0.15, 0.2) is 24.3 Å². The van der Waals surface area contributed by atoms with E-state index in [2.05, 4.69) is 17.9 Å². The van der Waals surface area contributed by atoms with E-state index in [1.165, 1.54) is 6.92 Å². The van der Waals surface area contributed by atoms with Crippen molar-refractivity contribution < 1.29 is 14.6 Å². The minimum absolute atomic E-state index is 0.255. The van der Waals surface area contributed by atoms with Crippen molar-refractivity contribution >= 4 is 5.97 Å². The van der Waals surface area contributed by atoms with E-state index < -0.39 is 12.3 Å². The lowest BCUT2D eigenvalue weighted by atomic mass is 10.3. The molecule has 3 nitrogen and oxygen atoms in total. The highest BCUT2D eigenvalue weighted by molar-refractivity contribution is 5.87. The van der Waals surface area contributed by atoms with Gasteiger partial charge in [0.1, 0.15) is 0 Å². The monoisotopic (exact) mass is 156 g/mol. The maximum Gasteiger partial charge on any atom is 0.335 e. The van der Waals surface area contributed by atoms with Crippen molar-refractivity contribution in [1.82, 2.24) is 0 Å². The van der Waals surface area contributed by atoms with Gasteiger partial charge in [-0.1, -0.05) is 13.2 Å². The summed E-state index contributed by atoms with van der Waals surface area (Å²) in [5.74, 6) is -0.611. The summed E-state index contributed by atoms with van der Waals surface area (Å²) in [6, 6.07) is 0. The second-order valence-corrected chi connectivity index (χ2v) is 2.38. The fourth-order valence-electron chi connectivity index (χ4n) is 0.303. The molecule has 0 fully saturated rings. The van der Waals surface area contributed by atoms with E-state index >= 15 is 0 Å². The molecule has 0 saturated heterocycles. The first-order valence-electron chi connectivity index (χ1n) is 3.15. The van der Waals surface area contributed by atoms with Crippen LogP contribution in [0.25, 0.3) is 0 Å². The molecule has 1 N–H and O–H groups in total. The largest absolute Gasteiger partial charge is 0.429 e. The lowest BCUT2D eigenvalue weighted by Crippen LogP contribution is -2.18. The van der Waals surface area contributed by atoms with E-state index in [0.717, 1.165) is 0 Å². The van der Waals surface area contributed by atoms with Crippen LogP contribution in [-0.4, -0.2) is 17.4 Å². The fourth-order valence-corrected chi connectivity index (χ4v) is 0.303. The molecule has 11 heavy (non-hydrogen) atoms. The van der Waals surface area contributed by atoms with Crippen LogP contribution in [0.5, 0.6) is 0 Å². The predicted octanol–water partition coefficient (Wildman–Crippen LogP) is 1.00. The Balaban J connectivity index is 3.95. The van der Waals surface area contributed by atoms with E-state index in [-0.39, 0.29) is 5.57 Å². The maximum absolute atomic E-state index is 10.7. The molecule has 0 bridgehead atoms. The van der Waals surface area contributed by atoms with E-state index in [4.69, 9.17) is 5.11 Å². The van der Waals surface area contributed by atoms with Crippen LogP contribution in [0.4, 0.5) is 0 Å². The van der Waals surface area contributed by atoms with Crippen LogP contribution >= 0.6 is 0 Å². The van der Waals surface area contributed by atoms with Crippen molar-refractivity contribution in [2.24, 2.45) is 0 Å². The van der Waals surface area contributed by atoms with E-state index in [1.54, 1.807) is 6.92 Å². The van der Waals surface area contributed by atoms with Crippen LogP contribution in [0.3, 0.4) is 0 Å². The number of carbonyl (C=O) groups is 1. The number of ether oxygens (including phenoxy) is 1. The molecule has 62 valence electrons. The molecule has 0 aromatic heterocycles. The molecule has 1 atom stereocenters. The van der Waals surface area contributed by atoms with Gasteiger partial charge < -0.3 is 9.84 Å². The maximum atomic E-state index is 10.7. The summed E-state index contributed by atoms with van der Waals surface area (Å²) in [6.45, 7) is 9.84. The van der Waals surface area contributed by atoms with E-state index in [0.29, 0.717) is 5.57 Å². The molecule has 0 aromatic rings. The van der Waals surface area contributed by atoms with Gasteiger partial charge in [-0.05, 0) is 19.4 Å². The Bertz CT molecular complexity index is 194. The summed E-state index contributed by atoms with van der Waals surface area (Å²) < 4.78 is 4.49. The van der Waals surface area contributed by atoms with Crippen LogP contribution < -0.4 is 0 Å². The van der Waals surface area contributed by atoms with Gasteiger partial charge >= 0.3 is 5.97 Å². The number of carbonyl (C=O) groups excluding carboxylic acids is 1. The summed E-state index contributed by atoms with van der Waals surface area (Å²) in [7, 11) is 0. The van der Waals surface area contributed by atoms with Crippen LogP contribution in [0, 0.1) is 0 Å². The predicted molar refractivity (Wildman–Crippen MR) is 41.7 cm³/mol. The van der Waals surface area contributed by atoms with Gasteiger partial charge in [-0.2, -0.15) is 0 Å². The topological polar surface area (TPSA) is 46.5 Å². The minimum Gasteiger partial charge on any atom is -0.429 e. The SMILES string of the molecule is C=C(C)C(=O)OC(O)C(=C)C. The standard InChI is InChI=1S/C8H12O3/c1-5(2)7(9)11-8(10)6(3)4/h7,9H,1,3H2,2,4H3. The minimum atomic E-state index is -1.22. The van der Waals surface area contributed by atoms with Crippen LogP contribution in [0.2, 0.25) is 0 Å². The molecular formula is C8H12O3. The number of esters is 1. The third-order valence-electron chi connectivity index (χ3n) is 0.989. The first-order valence-corrected chi connectivity index (χ1v) is 3.15. The smallest absolute Gasteiger partial charge is 0.335 e. The first-order chi connectivity index (χ1) is 4.95. The van der Waals surface area contributed by atoms with Gasteiger partial charge in [0.05, 0.1) is 0 Å². The number of aliphatic hydroxyl groups is 1. The van der Waals surface area contributed by atoms with Crippen molar-refractivity contribution in [2.45, 2.75) is 20.1 Å². The molecule has 1 unspecified atom stereocenters. The van der Waals surface area contributed by atoms with Gasteiger partial charge in [0, 0.05) is 5.57 Å². The Hall–Kier alpha value is -1.09. The summed E-state index contributed by atoms with van der Waals surface area (Å²) in [6.07, 6.45) is -1.22. The second-order valence-electron chi connectivity index (χ2n) is 2.38. The van der Waals surface area contributed by atoms with Crippen molar-refractivity contribution in [1.29, 1.82) is 0 Å². The number of hydrogen-bond donors (Lipinski definition) is 1. The molecule has 0 aliphatic rings. The zero-order valence-electron chi connectivity index (χ0n) is 6.76. The van der Waals surface area contributed by atoms with Gasteiger partial charge in [-0.25, -0.2) is 4.79 Å². The van der Waals surface area contributed by atoms with Crippen molar-refractivity contribution in [3.05, 3.63) is 24.3 Å². The number of rotatable bonds is 3. The molecule has 0 saturated carbocycles. The Labute approximate surface area is 66.0 Å². The highest BCUT2D eigenvalue weighted by Gasteiger charge is 2.10. The quantitative estimate of drug-likeness (QED) is 0.287. The Morgan fingerprint density at radius 1 is 1.45 bits per heavy atom. The molecule has 0 aromatic carbocycles. The third kappa shape index (κ3) is 3.57. The lowest BCUT2D eigenvalue weighted by Gasteiger charge is -2.10. The van der Waals surface area contributed by atoms with Gasteiger partial charge in [0.25, 0.3) is 0 Å². The molecule has 0 heterocycles. The van der Waals surface area contributed by atoms with Crippen molar-refractivity contribution in [3.8, 4) is 0 Å². The fraction of sp³-hybridized carbons (Fsp3) is 0.375. The van der Waals surface area contributed by atoms with E-state index in [9.17, 15) is 4.79 Å². The third-order valence-corrected chi connectivity index (χ3v) is 0.989. The summed E-state index contributed by atoms with van der Waals surface area (Å²) >= 11 is 0. The summed E-state index contributed by atoms with van der Waals surface area (Å²) in [5, 5.41) is 8.96. The molecule has 0 rings (SSSR count). The molecule has 3 heteroatoms. The molecule has 0 aliphatic heterocycles. The zero-order valence-corrected chi connectivity index (χ0v) is 6.76. The van der Waals surface area contributed by atoms with Crippen molar-refractivity contribution in [3.63, 3.8) is 0 Å². The average Bonchev–Trinajstić information content (AvgIpc) is 1.87. The highest BCUT2D eigenvalue weighted by atomic mass is 16.6. The normalized spacial score (nSPS) is 11.9. The summed E-state index contributed by atoms with van der Waals surface area (Å²) in [5.41, 5.74) is 0.643. The molecule has 0 spiro atoms. The number of hydrogen-bond acceptors (Lipinski definition) is 3. The molecule has 0 amide bonds. The lowest BCUT2D eigenvalue weighted by molar-refractivity contribution is -0.157. The second kappa shape index (κ2) is 3.93.